The van der Waals surface area contributed by atoms with Gasteiger partial charge in [0.1, 0.15) is 23.0 Å². The van der Waals surface area contributed by atoms with Crippen LogP contribution in [-0.4, -0.2) is 28.4 Å². The number of benzene rings is 8. The second kappa shape index (κ2) is 22.7. The van der Waals surface area contributed by atoms with E-state index in [9.17, 15) is 0 Å². The Balaban J connectivity index is 0.000000191. The summed E-state index contributed by atoms with van der Waals surface area (Å²) in [6, 6.07) is 66.4. The van der Waals surface area contributed by atoms with Gasteiger partial charge in [-0.15, -0.1) is 0 Å². The number of hydrogen-bond acceptors (Lipinski definition) is 4. The number of hydrogen-bond donors (Lipinski definition) is 0. The molecule has 0 radical (unpaired) electrons. The van der Waals surface area contributed by atoms with Crippen LogP contribution in [0, 0.1) is 0 Å². The van der Waals surface area contributed by atoms with Crippen LogP contribution in [0.3, 0.4) is 0 Å². The second-order valence-corrected chi connectivity index (χ2v) is 14.8. The molecule has 64 heavy (non-hydrogen) atoms. The van der Waals surface area contributed by atoms with Gasteiger partial charge in [0, 0.05) is 22.3 Å². The average molecular weight is 837 g/mol. The van der Waals surface area contributed by atoms with Crippen molar-refractivity contribution in [3.8, 4) is 45.3 Å². The van der Waals surface area contributed by atoms with Gasteiger partial charge in [0.15, 0.2) is 0 Å². The number of para-hydroxylation sites is 4. The number of methoxy groups -OCH3 is 4. The van der Waals surface area contributed by atoms with E-state index in [1.165, 1.54) is 22.3 Å². The lowest BCUT2D eigenvalue weighted by molar-refractivity contribution is 0.414. The van der Waals surface area contributed by atoms with Crippen LogP contribution < -0.4 is 18.9 Å². The third kappa shape index (κ3) is 12.1. The minimum atomic E-state index is 0.875. The van der Waals surface area contributed by atoms with Crippen LogP contribution in [0.25, 0.3) is 70.9 Å². The van der Waals surface area contributed by atoms with Gasteiger partial charge >= 0.3 is 0 Å². The van der Waals surface area contributed by atoms with E-state index in [1.54, 1.807) is 28.4 Å². The summed E-state index contributed by atoms with van der Waals surface area (Å²) in [5.41, 5.74) is 13.6. The lowest BCUT2D eigenvalue weighted by Gasteiger charge is -2.05. The molecule has 0 saturated carbocycles. The van der Waals surface area contributed by atoms with Crippen LogP contribution in [0.1, 0.15) is 44.5 Å². The minimum absolute atomic E-state index is 0.875. The van der Waals surface area contributed by atoms with Gasteiger partial charge < -0.3 is 18.9 Å². The van der Waals surface area contributed by atoms with Crippen LogP contribution in [0.5, 0.6) is 23.0 Å². The third-order valence-corrected chi connectivity index (χ3v) is 10.7. The van der Waals surface area contributed by atoms with Gasteiger partial charge in [0.2, 0.25) is 0 Å². The van der Waals surface area contributed by atoms with Crippen molar-refractivity contribution in [2.45, 2.75) is 0 Å². The molecule has 0 atom stereocenters. The first-order valence-corrected chi connectivity index (χ1v) is 21.2. The highest BCUT2D eigenvalue weighted by Gasteiger charge is 2.03. The van der Waals surface area contributed by atoms with Crippen molar-refractivity contribution in [3.63, 3.8) is 0 Å². The standard InChI is InChI=1S/2C30H26O2/c2*1-31-29-9-5-3-7-27(29)21-15-23-11-17-25(18-12-23)26-19-13-24(14-20-26)16-22-28-8-4-6-10-30(28)32-2/h2*3-22H,1-2H3/b2*21-15+,22-16+. The largest absolute Gasteiger partial charge is 0.496 e. The summed E-state index contributed by atoms with van der Waals surface area (Å²) in [5.74, 6) is 3.50. The highest BCUT2D eigenvalue weighted by molar-refractivity contribution is 5.78. The van der Waals surface area contributed by atoms with Crippen LogP contribution >= 0.6 is 0 Å². The zero-order chi connectivity index (χ0) is 44.4. The highest BCUT2D eigenvalue weighted by atomic mass is 16.5. The zero-order valence-corrected chi connectivity index (χ0v) is 36.7. The van der Waals surface area contributed by atoms with Crippen LogP contribution in [0.4, 0.5) is 0 Å². The molecule has 0 aliphatic carbocycles. The Morgan fingerprint density at radius 1 is 0.219 bits per heavy atom. The van der Waals surface area contributed by atoms with E-state index in [-0.39, 0.29) is 0 Å². The van der Waals surface area contributed by atoms with Gasteiger partial charge in [-0.1, -0.05) is 218 Å². The minimum Gasteiger partial charge on any atom is -0.496 e. The van der Waals surface area contributed by atoms with Gasteiger partial charge in [-0.2, -0.15) is 0 Å². The molecular weight excluding hydrogens is 785 g/mol. The third-order valence-electron chi connectivity index (χ3n) is 10.7. The summed E-state index contributed by atoms with van der Waals surface area (Å²) in [7, 11) is 6.78. The number of ether oxygens (including phenoxy) is 4. The molecule has 8 aromatic carbocycles. The van der Waals surface area contributed by atoms with E-state index < -0.39 is 0 Å². The van der Waals surface area contributed by atoms with E-state index in [1.807, 2.05) is 97.1 Å². The van der Waals surface area contributed by atoms with Gasteiger partial charge in [0.05, 0.1) is 28.4 Å². The fourth-order valence-corrected chi connectivity index (χ4v) is 7.11. The molecule has 0 heterocycles. The zero-order valence-electron chi connectivity index (χ0n) is 36.7. The van der Waals surface area contributed by atoms with E-state index in [0.29, 0.717) is 0 Å². The van der Waals surface area contributed by atoms with Crippen molar-refractivity contribution in [1.82, 2.24) is 0 Å². The Morgan fingerprint density at radius 2 is 0.406 bits per heavy atom. The molecule has 8 rings (SSSR count). The molecule has 0 amide bonds. The summed E-state index contributed by atoms with van der Waals surface area (Å²) in [5, 5.41) is 0. The number of rotatable bonds is 14. The van der Waals surface area contributed by atoms with Crippen molar-refractivity contribution in [1.29, 1.82) is 0 Å². The molecule has 0 N–H and O–H groups in total. The Hall–Kier alpha value is -8.08. The average Bonchev–Trinajstić information content (AvgIpc) is 3.37. The lowest BCUT2D eigenvalue weighted by atomic mass is 10.0. The summed E-state index contributed by atoms with van der Waals surface area (Å²) >= 11 is 0. The molecule has 0 spiro atoms. The summed E-state index contributed by atoms with van der Waals surface area (Å²) in [6.07, 6.45) is 16.7. The molecular formula is C60H52O4. The van der Waals surface area contributed by atoms with E-state index >= 15 is 0 Å². The molecule has 0 bridgehead atoms. The van der Waals surface area contributed by atoms with Crippen LogP contribution in [-0.2, 0) is 0 Å². The molecule has 0 fully saturated rings. The normalized spacial score (nSPS) is 11.2. The maximum Gasteiger partial charge on any atom is 0.126 e. The predicted molar refractivity (Wildman–Crippen MR) is 271 cm³/mol. The van der Waals surface area contributed by atoms with Gasteiger partial charge in [-0.25, -0.2) is 0 Å². The predicted octanol–water partition coefficient (Wildman–Crippen LogP) is 15.4. The molecule has 4 heteroatoms. The van der Waals surface area contributed by atoms with Crippen molar-refractivity contribution in [3.05, 3.63) is 239 Å². The maximum absolute atomic E-state index is 5.41. The molecule has 4 nitrogen and oxygen atoms in total. The van der Waals surface area contributed by atoms with Gasteiger partial charge in [0.25, 0.3) is 0 Å². The Bertz CT molecular complexity index is 2430. The molecule has 316 valence electrons. The Labute approximate surface area is 378 Å². The van der Waals surface area contributed by atoms with Crippen LogP contribution in [0.15, 0.2) is 194 Å². The van der Waals surface area contributed by atoms with Crippen molar-refractivity contribution in [2.75, 3.05) is 28.4 Å². The SMILES string of the molecule is COc1ccccc1/C=C/c1ccc(-c2ccc(/C=C/c3ccccc3OC)cc2)cc1.COc1ccccc1/C=C/c1ccc(-c2ccc(/C=C/c3ccccc3OC)cc2)cc1. The monoisotopic (exact) mass is 836 g/mol. The van der Waals surface area contributed by atoms with Gasteiger partial charge in [-0.3, -0.25) is 0 Å². The first kappa shape index (κ1) is 44.0. The first-order valence-electron chi connectivity index (χ1n) is 21.2. The molecule has 0 unspecified atom stereocenters. The Morgan fingerprint density at radius 3 is 0.594 bits per heavy atom. The lowest BCUT2D eigenvalue weighted by Crippen LogP contribution is -1.85. The fraction of sp³-hybridized carbons (Fsp3) is 0.0667. The molecule has 8 aromatic rings. The van der Waals surface area contributed by atoms with E-state index in [4.69, 9.17) is 18.9 Å². The fourth-order valence-electron chi connectivity index (χ4n) is 7.11. The quantitative estimate of drug-likeness (QED) is 0.102. The molecule has 0 aliphatic rings. The molecule has 0 aliphatic heterocycles. The highest BCUT2D eigenvalue weighted by Crippen LogP contribution is 2.27. The summed E-state index contributed by atoms with van der Waals surface area (Å²) < 4.78 is 21.6. The molecule has 0 aromatic heterocycles. The Kier molecular flexibility index (Phi) is 15.6. The van der Waals surface area contributed by atoms with Gasteiger partial charge in [-0.05, 0) is 68.8 Å². The topological polar surface area (TPSA) is 36.9 Å². The van der Waals surface area contributed by atoms with E-state index in [0.717, 1.165) is 67.5 Å². The summed E-state index contributed by atoms with van der Waals surface area (Å²) in [4.78, 5) is 0. The van der Waals surface area contributed by atoms with Crippen molar-refractivity contribution < 1.29 is 18.9 Å². The van der Waals surface area contributed by atoms with Crippen LogP contribution in [0.2, 0.25) is 0 Å². The molecule has 0 saturated heterocycles. The second-order valence-electron chi connectivity index (χ2n) is 14.8. The van der Waals surface area contributed by atoms with Crippen molar-refractivity contribution in [2.24, 2.45) is 0 Å². The first-order chi connectivity index (χ1) is 31.5. The summed E-state index contributed by atoms with van der Waals surface area (Å²) in [6.45, 7) is 0. The van der Waals surface area contributed by atoms with E-state index in [2.05, 4.69) is 146 Å². The van der Waals surface area contributed by atoms with Crippen molar-refractivity contribution >= 4 is 48.6 Å². The maximum atomic E-state index is 5.41. The smallest absolute Gasteiger partial charge is 0.126 e.